The summed E-state index contributed by atoms with van der Waals surface area (Å²) in [7, 11) is 1.66. The third-order valence-corrected chi connectivity index (χ3v) is 6.89. The summed E-state index contributed by atoms with van der Waals surface area (Å²) in [6.45, 7) is 0. The first-order valence-corrected chi connectivity index (χ1v) is 12.2. The molecule has 0 saturated heterocycles. The number of hydrogen-bond donors (Lipinski definition) is 2. The zero-order valence-corrected chi connectivity index (χ0v) is 19.9. The molecule has 5 rings (SSSR count). The second kappa shape index (κ2) is 10.4. The highest BCUT2D eigenvalue weighted by atomic mass is 16.5. The topological polar surface area (TPSA) is 96.7 Å². The molecule has 7 heteroatoms. The molecule has 1 aliphatic heterocycles. The van der Waals surface area contributed by atoms with Gasteiger partial charge in [0.15, 0.2) is 0 Å². The number of methoxy groups -OCH3 is 1. The summed E-state index contributed by atoms with van der Waals surface area (Å²) >= 11 is 0. The smallest absolute Gasteiger partial charge is 0.270 e. The second-order valence-corrected chi connectivity index (χ2v) is 9.22. The Bertz CT molecular complexity index is 1290. The Balaban J connectivity index is 1.37. The van der Waals surface area contributed by atoms with Gasteiger partial charge in [0.25, 0.3) is 5.91 Å². The molecule has 1 amide bonds. The summed E-state index contributed by atoms with van der Waals surface area (Å²) in [6, 6.07) is 11.4. The van der Waals surface area contributed by atoms with E-state index in [1.165, 1.54) is 0 Å². The molecule has 7 nitrogen and oxygen atoms in total. The van der Waals surface area contributed by atoms with E-state index in [1.807, 2.05) is 48.8 Å². The summed E-state index contributed by atoms with van der Waals surface area (Å²) < 4.78 is 5.47. The van der Waals surface area contributed by atoms with E-state index >= 15 is 0 Å². The lowest BCUT2D eigenvalue weighted by Crippen LogP contribution is -2.45. The summed E-state index contributed by atoms with van der Waals surface area (Å²) in [4.78, 5) is 26.7. The Morgan fingerprint density at radius 3 is 2.86 bits per heavy atom. The Morgan fingerprint density at radius 1 is 1.20 bits per heavy atom. The molecular formula is C28H30N4O3. The fourth-order valence-corrected chi connectivity index (χ4v) is 4.97. The van der Waals surface area contributed by atoms with Gasteiger partial charge < -0.3 is 15.2 Å². The summed E-state index contributed by atoms with van der Waals surface area (Å²) in [5.41, 5.74) is 4.25. The van der Waals surface area contributed by atoms with Crippen molar-refractivity contribution in [3.63, 3.8) is 0 Å². The SMILES string of the molecule is COc1ccncc1C1CC=C(Cc2cc(C(=O)N[C@H]3CCCC[C@@H]3O)nc3ccccc23)C=N1. The molecular weight excluding hydrogens is 440 g/mol. The molecule has 2 aliphatic rings. The van der Waals surface area contributed by atoms with Gasteiger partial charge in [-0.1, -0.05) is 37.1 Å². The van der Waals surface area contributed by atoms with E-state index in [9.17, 15) is 9.90 Å². The first kappa shape index (κ1) is 23.2. The Hall–Kier alpha value is -3.58. The monoisotopic (exact) mass is 470 g/mol. The molecule has 3 atom stereocenters. The number of nitrogens with zero attached hydrogens (tertiary/aromatic N) is 3. The van der Waals surface area contributed by atoms with Crippen LogP contribution in [0, 0.1) is 0 Å². The quantitative estimate of drug-likeness (QED) is 0.558. The highest BCUT2D eigenvalue weighted by Gasteiger charge is 2.26. The van der Waals surface area contributed by atoms with Crippen LogP contribution in [-0.2, 0) is 6.42 Å². The molecule has 3 heterocycles. The standard InChI is InChI=1S/C28H30N4O3/c1-35-27-12-13-29-17-21(27)22-11-10-18(16-30-22)14-19-15-25(31-23-7-3-2-6-20(19)23)28(34)32-24-8-4-5-9-26(24)33/h2-3,6-7,10,12-13,15-17,22,24,26,33H,4-5,8-9,11,14H2,1H3,(H,32,34)/t22?,24-,26-/m0/s1. The van der Waals surface area contributed by atoms with Gasteiger partial charge in [0.05, 0.1) is 30.8 Å². The molecule has 0 bridgehead atoms. The van der Waals surface area contributed by atoms with E-state index < -0.39 is 6.10 Å². The van der Waals surface area contributed by atoms with E-state index in [-0.39, 0.29) is 18.0 Å². The lowest BCUT2D eigenvalue weighted by atomic mass is 9.92. The molecule has 35 heavy (non-hydrogen) atoms. The van der Waals surface area contributed by atoms with Crippen molar-refractivity contribution in [3.8, 4) is 5.75 Å². The minimum Gasteiger partial charge on any atom is -0.496 e. The van der Waals surface area contributed by atoms with E-state index in [2.05, 4.69) is 21.4 Å². The number of allylic oxidation sites excluding steroid dienone is 1. The predicted octanol–water partition coefficient (Wildman–Crippen LogP) is 4.36. The molecule has 0 radical (unpaired) electrons. The van der Waals surface area contributed by atoms with E-state index in [0.29, 0.717) is 12.1 Å². The molecule has 3 aromatic rings. The number of dihydropyridines is 1. The number of carbonyl (C=O) groups excluding carboxylic acids is 1. The number of carbonyl (C=O) groups is 1. The molecule has 1 saturated carbocycles. The van der Waals surface area contributed by atoms with Crippen LogP contribution in [-0.4, -0.2) is 46.5 Å². The van der Waals surface area contributed by atoms with Gasteiger partial charge in [-0.25, -0.2) is 4.98 Å². The normalized spacial score (nSPS) is 22.0. The van der Waals surface area contributed by atoms with Crippen LogP contribution >= 0.6 is 0 Å². The number of ether oxygens (including phenoxy) is 1. The van der Waals surface area contributed by atoms with Crippen LogP contribution in [0.4, 0.5) is 0 Å². The maximum Gasteiger partial charge on any atom is 0.270 e. The van der Waals surface area contributed by atoms with Gasteiger partial charge in [0.1, 0.15) is 11.4 Å². The van der Waals surface area contributed by atoms with Gasteiger partial charge in [0.2, 0.25) is 0 Å². The fraction of sp³-hybridized carbons (Fsp3) is 0.357. The summed E-state index contributed by atoms with van der Waals surface area (Å²) in [5.74, 6) is 0.552. The lowest BCUT2D eigenvalue weighted by molar-refractivity contribution is 0.0714. The number of aliphatic imine (C=N–C) groups is 1. The molecule has 1 aromatic carbocycles. The Kier molecular flexibility index (Phi) is 6.86. The van der Waals surface area contributed by atoms with Gasteiger partial charge in [-0.3, -0.25) is 14.8 Å². The zero-order valence-electron chi connectivity index (χ0n) is 19.9. The average molecular weight is 471 g/mol. The van der Waals surface area contributed by atoms with Crippen molar-refractivity contribution in [1.29, 1.82) is 0 Å². The van der Waals surface area contributed by atoms with E-state index in [1.54, 1.807) is 13.3 Å². The number of para-hydroxylation sites is 1. The minimum absolute atomic E-state index is 0.0279. The number of aliphatic hydroxyl groups excluding tert-OH is 1. The molecule has 2 aromatic heterocycles. The second-order valence-electron chi connectivity index (χ2n) is 9.22. The van der Waals surface area contributed by atoms with Crippen molar-refractivity contribution in [1.82, 2.24) is 15.3 Å². The number of hydrogen-bond acceptors (Lipinski definition) is 6. The maximum absolute atomic E-state index is 13.1. The number of aliphatic hydroxyl groups is 1. The number of fused-ring (bicyclic) bond motifs is 1. The van der Waals surface area contributed by atoms with Crippen molar-refractivity contribution in [2.45, 2.75) is 56.7 Å². The van der Waals surface area contributed by atoms with Crippen molar-refractivity contribution >= 4 is 23.0 Å². The van der Waals surface area contributed by atoms with Crippen LogP contribution in [0.1, 0.15) is 59.8 Å². The molecule has 1 unspecified atom stereocenters. The van der Waals surface area contributed by atoms with Gasteiger partial charge in [-0.15, -0.1) is 0 Å². The van der Waals surface area contributed by atoms with E-state index in [4.69, 9.17) is 9.73 Å². The number of aromatic nitrogens is 2. The molecule has 1 fully saturated rings. The van der Waals surface area contributed by atoms with Crippen molar-refractivity contribution < 1.29 is 14.6 Å². The predicted molar refractivity (Wildman–Crippen MR) is 136 cm³/mol. The van der Waals surface area contributed by atoms with Gasteiger partial charge in [-0.05, 0) is 55.0 Å². The van der Waals surface area contributed by atoms with Crippen LogP contribution in [0.5, 0.6) is 5.75 Å². The average Bonchev–Trinajstić information content (AvgIpc) is 2.90. The van der Waals surface area contributed by atoms with Crippen LogP contribution < -0.4 is 10.1 Å². The number of benzene rings is 1. The molecule has 180 valence electrons. The minimum atomic E-state index is -0.498. The highest BCUT2D eigenvalue weighted by Crippen LogP contribution is 2.32. The fourth-order valence-electron chi connectivity index (χ4n) is 4.97. The van der Waals surface area contributed by atoms with E-state index in [0.717, 1.165) is 65.5 Å². The maximum atomic E-state index is 13.1. The Morgan fingerprint density at radius 2 is 2.06 bits per heavy atom. The molecule has 0 spiro atoms. The summed E-state index contributed by atoms with van der Waals surface area (Å²) in [5, 5.41) is 14.3. The highest BCUT2D eigenvalue weighted by molar-refractivity contribution is 5.96. The number of amides is 1. The summed E-state index contributed by atoms with van der Waals surface area (Å²) in [6.07, 6.45) is 12.1. The largest absolute Gasteiger partial charge is 0.496 e. The molecule has 1 aliphatic carbocycles. The third-order valence-electron chi connectivity index (χ3n) is 6.89. The van der Waals surface area contributed by atoms with Gasteiger partial charge in [-0.2, -0.15) is 0 Å². The van der Waals surface area contributed by atoms with Crippen LogP contribution in [0.3, 0.4) is 0 Å². The number of pyridine rings is 2. The van der Waals surface area contributed by atoms with Crippen LogP contribution in [0.15, 0.2) is 65.4 Å². The van der Waals surface area contributed by atoms with Gasteiger partial charge >= 0.3 is 0 Å². The zero-order chi connectivity index (χ0) is 24.2. The van der Waals surface area contributed by atoms with Crippen LogP contribution in [0.25, 0.3) is 10.9 Å². The number of nitrogens with one attached hydrogen (secondary N) is 1. The first-order valence-electron chi connectivity index (χ1n) is 12.2. The van der Waals surface area contributed by atoms with Crippen molar-refractivity contribution in [3.05, 3.63) is 77.3 Å². The van der Waals surface area contributed by atoms with Gasteiger partial charge in [0, 0.05) is 29.6 Å². The number of rotatable bonds is 6. The van der Waals surface area contributed by atoms with Crippen molar-refractivity contribution in [2.24, 2.45) is 4.99 Å². The van der Waals surface area contributed by atoms with Crippen molar-refractivity contribution in [2.75, 3.05) is 7.11 Å². The Labute approximate surface area is 205 Å². The lowest BCUT2D eigenvalue weighted by Gasteiger charge is -2.28. The van der Waals surface area contributed by atoms with Crippen LogP contribution in [0.2, 0.25) is 0 Å². The first-order chi connectivity index (χ1) is 17.1. The third kappa shape index (κ3) is 5.10. The molecule has 2 N–H and O–H groups in total.